The molecular formula is C13H16FN3O2. The first-order valence-corrected chi connectivity index (χ1v) is 6.06. The van der Waals surface area contributed by atoms with Gasteiger partial charge < -0.3 is 15.5 Å². The van der Waals surface area contributed by atoms with Crippen molar-refractivity contribution in [3.63, 3.8) is 0 Å². The molecule has 1 aromatic rings. The Bertz CT molecular complexity index is 489. The predicted molar refractivity (Wildman–Crippen MR) is 69.0 cm³/mol. The van der Waals surface area contributed by atoms with Crippen LogP contribution in [0.1, 0.15) is 6.92 Å². The number of rotatable bonds is 2. The second-order valence-corrected chi connectivity index (χ2v) is 4.55. The third kappa shape index (κ3) is 2.83. The van der Waals surface area contributed by atoms with Gasteiger partial charge >= 0.3 is 0 Å². The smallest absolute Gasteiger partial charge is 0.242 e. The molecule has 2 N–H and O–H groups in total. The molecule has 1 fully saturated rings. The van der Waals surface area contributed by atoms with Gasteiger partial charge in [-0.1, -0.05) is 0 Å². The molecule has 19 heavy (non-hydrogen) atoms. The molecule has 1 heterocycles. The van der Waals surface area contributed by atoms with Gasteiger partial charge in [0, 0.05) is 32.2 Å². The van der Waals surface area contributed by atoms with Crippen molar-refractivity contribution in [3.8, 4) is 0 Å². The van der Waals surface area contributed by atoms with Gasteiger partial charge in [0.25, 0.3) is 0 Å². The van der Waals surface area contributed by atoms with Crippen LogP contribution in [0.5, 0.6) is 0 Å². The molecule has 1 saturated heterocycles. The molecule has 1 aliphatic heterocycles. The van der Waals surface area contributed by atoms with Gasteiger partial charge in [-0.25, -0.2) is 4.39 Å². The fraction of sp³-hybridized carbons (Fsp3) is 0.385. The highest BCUT2D eigenvalue weighted by Gasteiger charge is 2.32. The first-order chi connectivity index (χ1) is 8.99. The minimum atomic E-state index is -0.642. The molecule has 0 aromatic heterocycles. The normalized spacial score (nSPS) is 19.4. The summed E-state index contributed by atoms with van der Waals surface area (Å²) >= 11 is 0. The Hall–Kier alpha value is -2.11. The summed E-state index contributed by atoms with van der Waals surface area (Å²) in [5.41, 5.74) is 6.16. The van der Waals surface area contributed by atoms with Crippen molar-refractivity contribution in [3.05, 3.63) is 30.1 Å². The highest BCUT2D eigenvalue weighted by Crippen LogP contribution is 2.19. The van der Waals surface area contributed by atoms with Gasteiger partial charge in [-0.05, 0) is 24.3 Å². The Morgan fingerprint density at radius 3 is 2.42 bits per heavy atom. The number of hydrogen-bond acceptors (Lipinski definition) is 3. The van der Waals surface area contributed by atoms with Crippen LogP contribution in [0, 0.1) is 5.82 Å². The lowest BCUT2D eigenvalue weighted by molar-refractivity contribution is -0.138. The van der Waals surface area contributed by atoms with Crippen molar-refractivity contribution in [2.24, 2.45) is 5.73 Å². The zero-order valence-corrected chi connectivity index (χ0v) is 10.7. The minimum absolute atomic E-state index is 0.164. The van der Waals surface area contributed by atoms with Crippen LogP contribution in [0.3, 0.4) is 0 Å². The summed E-state index contributed by atoms with van der Waals surface area (Å²) in [4.78, 5) is 26.3. The number of piperazine rings is 1. The number of halogens is 1. The highest BCUT2D eigenvalue weighted by atomic mass is 19.1. The SMILES string of the molecule is CC(=O)N1CCN(c2ccc(F)cc2)CC1C(N)=O. The van der Waals surface area contributed by atoms with E-state index in [4.69, 9.17) is 5.73 Å². The number of primary amides is 1. The van der Waals surface area contributed by atoms with E-state index >= 15 is 0 Å². The average Bonchev–Trinajstić information content (AvgIpc) is 2.38. The Morgan fingerprint density at radius 1 is 1.26 bits per heavy atom. The number of carbonyl (C=O) groups is 2. The second-order valence-electron chi connectivity index (χ2n) is 4.55. The summed E-state index contributed by atoms with van der Waals surface area (Å²) in [6.45, 7) is 2.78. The van der Waals surface area contributed by atoms with Gasteiger partial charge in [0.05, 0.1) is 0 Å². The first-order valence-electron chi connectivity index (χ1n) is 6.06. The van der Waals surface area contributed by atoms with E-state index in [1.54, 1.807) is 12.1 Å². The summed E-state index contributed by atoms with van der Waals surface area (Å²) in [5, 5.41) is 0. The number of amides is 2. The molecule has 5 nitrogen and oxygen atoms in total. The molecule has 6 heteroatoms. The van der Waals surface area contributed by atoms with E-state index in [1.807, 2.05) is 4.90 Å². The molecule has 0 saturated carbocycles. The fourth-order valence-electron chi connectivity index (χ4n) is 2.29. The van der Waals surface area contributed by atoms with Crippen LogP contribution in [0.4, 0.5) is 10.1 Å². The number of nitrogens with zero attached hydrogens (tertiary/aromatic N) is 2. The van der Waals surface area contributed by atoms with E-state index in [9.17, 15) is 14.0 Å². The van der Waals surface area contributed by atoms with Crippen LogP contribution >= 0.6 is 0 Å². The largest absolute Gasteiger partial charge is 0.368 e. The van der Waals surface area contributed by atoms with Gasteiger partial charge in [-0.3, -0.25) is 9.59 Å². The van der Waals surface area contributed by atoms with Crippen LogP contribution in [-0.4, -0.2) is 42.4 Å². The van der Waals surface area contributed by atoms with E-state index in [0.29, 0.717) is 19.6 Å². The topological polar surface area (TPSA) is 66.6 Å². The molecule has 0 aliphatic carbocycles. The maximum Gasteiger partial charge on any atom is 0.242 e. The molecule has 1 aromatic carbocycles. The number of hydrogen-bond donors (Lipinski definition) is 1. The Labute approximate surface area is 110 Å². The molecule has 1 unspecified atom stereocenters. The third-order valence-electron chi connectivity index (χ3n) is 3.31. The highest BCUT2D eigenvalue weighted by molar-refractivity contribution is 5.86. The van der Waals surface area contributed by atoms with Gasteiger partial charge in [0.15, 0.2) is 0 Å². The van der Waals surface area contributed by atoms with Crippen molar-refractivity contribution in [1.82, 2.24) is 4.90 Å². The van der Waals surface area contributed by atoms with Crippen LogP contribution in [0.25, 0.3) is 0 Å². The van der Waals surface area contributed by atoms with Crippen LogP contribution in [-0.2, 0) is 9.59 Å². The lowest BCUT2D eigenvalue weighted by atomic mass is 10.1. The zero-order chi connectivity index (χ0) is 14.0. The summed E-state index contributed by atoms with van der Waals surface area (Å²) in [6.07, 6.45) is 0. The van der Waals surface area contributed by atoms with Gasteiger partial charge in [-0.15, -0.1) is 0 Å². The molecule has 0 spiro atoms. The van der Waals surface area contributed by atoms with Crippen molar-refractivity contribution in [2.45, 2.75) is 13.0 Å². The van der Waals surface area contributed by atoms with Crippen molar-refractivity contribution >= 4 is 17.5 Å². The fourth-order valence-corrected chi connectivity index (χ4v) is 2.29. The Kier molecular flexibility index (Phi) is 3.69. The molecule has 2 amide bonds. The van der Waals surface area contributed by atoms with Crippen LogP contribution in [0.15, 0.2) is 24.3 Å². The van der Waals surface area contributed by atoms with Gasteiger partial charge in [0.1, 0.15) is 11.9 Å². The molecule has 0 radical (unpaired) electrons. The van der Waals surface area contributed by atoms with E-state index in [1.165, 1.54) is 24.0 Å². The number of nitrogens with two attached hydrogens (primary N) is 1. The van der Waals surface area contributed by atoms with Crippen LogP contribution in [0.2, 0.25) is 0 Å². The number of benzene rings is 1. The predicted octanol–water partition coefficient (Wildman–Crippen LogP) is 0.348. The van der Waals surface area contributed by atoms with E-state index < -0.39 is 11.9 Å². The summed E-state index contributed by atoms with van der Waals surface area (Å²) < 4.78 is 12.9. The molecule has 102 valence electrons. The summed E-state index contributed by atoms with van der Waals surface area (Å²) in [6, 6.07) is 5.39. The van der Waals surface area contributed by atoms with Crippen molar-refractivity contribution in [2.75, 3.05) is 24.5 Å². The lowest BCUT2D eigenvalue weighted by Crippen LogP contribution is -2.59. The summed E-state index contributed by atoms with van der Waals surface area (Å²) in [7, 11) is 0. The van der Waals surface area contributed by atoms with Crippen LogP contribution < -0.4 is 10.6 Å². The molecule has 0 bridgehead atoms. The second kappa shape index (κ2) is 5.26. The Balaban J connectivity index is 2.17. The van der Waals surface area contributed by atoms with E-state index in [2.05, 4.69) is 0 Å². The Morgan fingerprint density at radius 2 is 1.89 bits per heavy atom. The van der Waals surface area contributed by atoms with Gasteiger partial charge in [-0.2, -0.15) is 0 Å². The number of anilines is 1. The summed E-state index contributed by atoms with van der Waals surface area (Å²) in [5.74, 6) is -0.998. The number of carbonyl (C=O) groups excluding carboxylic acids is 2. The molecule has 1 atom stereocenters. The van der Waals surface area contributed by atoms with E-state index in [-0.39, 0.29) is 11.7 Å². The van der Waals surface area contributed by atoms with E-state index in [0.717, 1.165) is 5.69 Å². The van der Waals surface area contributed by atoms with Gasteiger partial charge in [0.2, 0.25) is 11.8 Å². The maximum absolute atomic E-state index is 12.9. The third-order valence-corrected chi connectivity index (χ3v) is 3.31. The molecular weight excluding hydrogens is 249 g/mol. The maximum atomic E-state index is 12.9. The zero-order valence-electron chi connectivity index (χ0n) is 10.7. The van der Waals surface area contributed by atoms with Crippen molar-refractivity contribution in [1.29, 1.82) is 0 Å². The van der Waals surface area contributed by atoms with Crippen molar-refractivity contribution < 1.29 is 14.0 Å². The molecule has 1 aliphatic rings. The monoisotopic (exact) mass is 265 g/mol. The molecule has 2 rings (SSSR count). The minimum Gasteiger partial charge on any atom is -0.368 e. The standard InChI is InChI=1S/C13H16FN3O2/c1-9(18)17-7-6-16(8-12(17)13(15)19)11-4-2-10(14)3-5-11/h2-5,12H,6-8H2,1H3,(H2,15,19). The quantitative estimate of drug-likeness (QED) is 0.839. The average molecular weight is 265 g/mol. The lowest BCUT2D eigenvalue weighted by Gasteiger charge is -2.40. The first kappa shape index (κ1) is 13.3.